The number of aromatic nitrogens is 1. The topological polar surface area (TPSA) is 31.2 Å². The SMILES string of the molecule is Cc1cc(OCc2ccc(F)cc2F)c(Br)c(=O)n1-c1c(F)cc(Br)cc1F. The minimum Gasteiger partial charge on any atom is -0.487 e. The summed E-state index contributed by atoms with van der Waals surface area (Å²) in [6.45, 7) is 1.20. The summed E-state index contributed by atoms with van der Waals surface area (Å²) in [5.74, 6) is -3.31. The molecule has 9 heteroatoms. The Kier molecular flexibility index (Phi) is 5.95. The van der Waals surface area contributed by atoms with Gasteiger partial charge in [-0.25, -0.2) is 17.6 Å². The van der Waals surface area contributed by atoms with Gasteiger partial charge in [0.2, 0.25) is 0 Å². The summed E-state index contributed by atoms with van der Waals surface area (Å²) >= 11 is 6.05. The highest BCUT2D eigenvalue weighted by atomic mass is 79.9. The lowest BCUT2D eigenvalue weighted by Gasteiger charge is -2.16. The fraction of sp³-hybridized carbons (Fsp3) is 0.105. The van der Waals surface area contributed by atoms with Gasteiger partial charge in [0.15, 0.2) is 11.6 Å². The molecule has 1 aromatic heterocycles. The number of pyridine rings is 1. The van der Waals surface area contributed by atoms with Crippen molar-refractivity contribution in [2.75, 3.05) is 0 Å². The minimum absolute atomic E-state index is 0.0559. The van der Waals surface area contributed by atoms with Crippen LogP contribution in [0.3, 0.4) is 0 Å². The first-order valence-corrected chi connectivity index (χ1v) is 9.41. The Morgan fingerprint density at radius 3 is 2.21 bits per heavy atom. The maximum atomic E-state index is 14.3. The average Bonchev–Trinajstić information content (AvgIpc) is 2.60. The zero-order chi connectivity index (χ0) is 20.6. The van der Waals surface area contributed by atoms with E-state index in [1.807, 2.05) is 0 Å². The van der Waals surface area contributed by atoms with Crippen LogP contribution >= 0.6 is 31.9 Å². The molecule has 0 aliphatic carbocycles. The first kappa shape index (κ1) is 20.6. The van der Waals surface area contributed by atoms with E-state index in [0.29, 0.717) is 0 Å². The Morgan fingerprint density at radius 1 is 0.964 bits per heavy atom. The first-order valence-electron chi connectivity index (χ1n) is 7.83. The van der Waals surface area contributed by atoms with Crippen molar-refractivity contribution < 1.29 is 22.3 Å². The van der Waals surface area contributed by atoms with Crippen LogP contribution in [0.1, 0.15) is 11.3 Å². The molecular formula is C19H11Br2F4NO2. The minimum atomic E-state index is -0.925. The number of nitrogens with zero attached hydrogens (tertiary/aromatic N) is 1. The van der Waals surface area contributed by atoms with E-state index >= 15 is 0 Å². The van der Waals surface area contributed by atoms with E-state index in [1.54, 1.807) is 0 Å². The van der Waals surface area contributed by atoms with Gasteiger partial charge in [0.05, 0.1) is 0 Å². The molecule has 0 unspecified atom stereocenters. The maximum Gasteiger partial charge on any atom is 0.273 e. The van der Waals surface area contributed by atoms with Gasteiger partial charge in [-0.1, -0.05) is 15.9 Å². The third kappa shape index (κ3) is 4.00. The summed E-state index contributed by atoms with van der Waals surface area (Å²) in [5, 5.41) is 0. The normalized spacial score (nSPS) is 11.0. The van der Waals surface area contributed by atoms with Gasteiger partial charge in [-0.15, -0.1) is 0 Å². The highest BCUT2D eigenvalue weighted by molar-refractivity contribution is 9.10. The zero-order valence-electron chi connectivity index (χ0n) is 14.2. The first-order chi connectivity index (χ1) is 13.2. The summed E-state index contributed by atoms with van der Waals surface area (Å²) in [4.78, 5) is 12.7. The molecule has 0 saturated heterocycles. The second kappa shape index (κ2) is 8.08. The molecule has 0 bridgehead atoms. The molecule has 0 fully saturated rings. The zero-order valence-corrected chi connectivity index (χ0v) is 17.4. The fourth-order valence-corrected chi connectivity index (χ4v) is 3.41. The smallest absolute Gasteiger partial charge is 0.273 e. The second-order valence-corrected chi connectivity index (χ2v) is 7.56. The van der Waals surface area contributed by atoms with Crippen LogP contribution in [0.15, 0.2) is 50.1 Å². The van der Waals surface area contributed by atoms with Crippen LogP contribution in [0, 0.1) is 30.2 Å². The molecule has 3 aromatic rings. The maximum absolute atomic E-state index is 14.3. The molecule has 0 radical (unpaired) electrons. The third-order valence-corrected chi connectivity index (χ3v) is 5.09. The Labute approximate surface area is 173 Å². The Morgan fingerprint density at radius 2 is 1.61 bits per heavy atom. The molecule has 0 aliphatic rings. The lowest BCUT2D eigenvalue weighted by molar-refractivity contribution is 0.296. The molecule has 0 aliphatic heterocycles. The van der Waals surface area contributed by atoms with Crippen molar-refractivity contribution >= 4 is 31.9 Å². The number of hydrogen-bond donors (Lipinski definition) is 0. The number of hydrogen-bond acceptors (Lipinski definition) is 2. The van der Waals surface area contributed by atoms with Gasteiger partial charge in [-0.2, -0.15) is 0 Å². The highest BCUT2D eigenvalue weighted by Gasteiger charge is 2.20. The van der Waals surface area contributed by atoms with Crippen molar-refractivity contribution in [1.29, 1.82) is 0 Å². The average molecular weight is 521 g/mol. The van der Waals surface area contributed by atoms with Crippen LogP contribution in [-0.4, -0.2) is 4.57 Å². The Hall–Kier alpha value is -2.13. The molecule has 2 aromatic carbocycles. The summed E-state index contributed by atoms with van der Waals surface area (Å²) in [6, 6.07) is 6.49. The number of benzene rings is 2. The van der Waals surface area contributed by atoms with E-state index in [2.05, 4.69) is 31.9 Å². The van der Waals surface area contributed by atoms with Crippen LogP contribution in [0.25, 0.3) is 5.69 Å². The van der Waals surface area contributed by atoms with Crippen LogP contribution in [-0.2, 0) is 6.61 Å². The summed E-state index contributed by atoms with van der Waals surface area (Å²) < 4.78 is 61.7. The van der Waals surface area contributed by atoms with Gasteiger partial charge in [0.25, 0.3) is 5.56 Å². The van der Waals surface area contributed by atoms with Gasteiger partial charge in [0, 0.05) is 27.9 Å². The van der Waals surface area contributed by atoms with E-state index in [9.17, 15) is 22.4 Å². The van der Waals surface area contributed by atoms with Crippen LogP contribution < -0.4 is 10.3 Å². The lowest BCUT2D eigenvalue weighted by Crippen LogP contribution is -2.24. The van der Waals surface area contributed by atoms with E-state index in [-0.39, 0.29) is 32.6 Å². The van der Waals surface area contributed by atoms with Gasteiger partial charge in [-0.3, -0.25) is 9.36 Å². The van der Waals surface area contributed by atoms with Crippen molar-refractivity contribution in [2.45, 2.75) is 13.5 Å². The van der Waals surface area contributed by atoms with Gasteiger partial charge >= 0.3 is 0 Å². The van der Waals surface area contributed by atoms with Gasteiger partial charge in [0.1, 0.15) is 34.2 Å². The monoisotopic (exact) mass is 519 g/mol. The van der Waals surface area contributed by atoms with Crippen LogP contribution in [0.4, 0.5) is 17.6 Å². The molecular weight excluding hydrogens is 510 g/mol. The van der Waals surface area contributed by atoms with Crippen molar-refractivity contribution in [3.63, 3.8) is 0 Å². The molecule has 28 heavy (non-hydrogen) atoms. The molecule has 0 spiro atoms. The van der Waals surface area contributed by atoms with E-state index in [1.165, 1.54) is 19.1 Å². The molecule has 146 valence electrons. The van der Waals surface area contributed by atoms with E-state index in [4.69, 9.17) is 4.74 Å². The van der Waals surface area contributed by atoms with Crippen LogP contribution in [0.5, 0.6) is 5.75 Å². The van der Waals surface area contributed by atoms with Gasteiger partial charge in [-0.05, 0) is 47.1 Å². The van der Waals surface area contributed by atoms with Crippen molar-refractivity contribution in [3.05, 3.63) is 90.2 Å². The lowest BCUT2D eigenvalue weighted by atomic mass is 10.2. The molecule has 0 atom stereocenters. The number of halogens is 6. The third-order valence-electron chi connectivity index (χ3n) is 3.90. The molecule has 3 rings (SSSR count). The quantitative estimate of drug-likeness (QED) is 0.407. The van der Waals surface area contributed by atoms with Crippen LogP contribution in [0.2, 0.25) is 0 Å². The van der Waals surface area contributed by atoms with Crippen molar-refractivity contribution in [1.82, 2.24) is 4.57 Å². The molecule has 0 amide bonds. The number of aryl methyl sites for hydroxylation is 1. The van der Waals surface area contributed by atoms with Gasteiger partial charge < -0.3 is 4.74 Å². The fourth-order valence-electron chi connectivity index (χ4n) is 2.61. The van der Waals surface area contributed by atoms with Crippen molar-refractivity contribution in [2.24, 2.45) is 0 Å². The Bertz CT molecular complexity index is 1110. The number of rotatable bonds is 4. The largest absolute Gasteiger partial charge is 0.487 e. The standard InChI is InChI=1S/C19H11Br2F4NO2/c1-9-4-16(28-8-10-2-3-12(22)7-13(10)23)17(21)19(27)26(9)18-14(24)5-11(20)6-15(18)25/h2-7H,8H2,1H3. The molecule has 0 N–H and O–H groups in total. The molecule has 1 heterocycles. The summed E-state index contributed by atoms with van der Waals surface area (Å²) in [5.41, 5.74) is -1.000. The van der Waals surface area contributed by atoms with E-state index in [0.717, 1.165) is 28.8 Å². The van der Waals surface area contributed by atoms with E-state index < -0.39 is 34.5 Å². The molecule has 3 nitrogen and oxygen atoms in total. The van der Waals surface area contributed by atoms with Crippen molar-refractivity contribution in [3.8, 4) is 11.4 Å². The summed E-state index contributed by atoms with van der Waals surface area (Å²) in [6.07, 6.45) is 0. The Balaban J connectivity index is 2.01. The number of ether oxygens (including phenoxy) is 1. The second-order valence-electron chi connectivity index (χ2n) is 5.85. The predicted octanol–water partition coefficient (Wildman–Crippen LogP) is 5.81. The predicted molar refractivity (Wildman–Crippen MR) is 103 cm³/mol. The highest BCUT2D eigenvalue weighted by Crippen LogP contribution is 2.28. The molecule has 0 saturated carbocycles. The summed E-state index contributed by atoms with van der Waals surface area (Å²) in [7, 11) is 0.